The minimum Gasteiger partial charge on any atom is -0.377 e. The van der Waals surface area contributed by atoms with Crippen molar-refractivity contribution >= 4 is 40.7 Å². The van der Waals surface area contributed by atoms with Crippen LogP contribution >= 0.6 is 31.9 Å². The maximum atomic E-state index is 5.45. The van der Waals surface area contributed by atoms with Crippen LogP contribution in [0.25, 0.3) is 0 Å². The number of halogens is 2. The monoisotopic (exact) mass is 502 g/mol. The average molecular weight is 504 g/mol. The van der Waals surface area contributed by atoms with E-state index in [4.69, 9.17) is 13.3 Å². The molecule has 1 unspecified atom stereocenters. The quantitative estimate of drug-likeness (QED) is 0.107. The smallest absolute Gasteiger partial charge is 0.377 e. The molecule has 0 spiro atoms. The van der Waals surface area contributed by atoms with E-state index in [9.17, 15) is 0 Å². The highest BCUT2D eigenvalue weighted by atomic mass is 79.9. The summed E-state index contributed by atoms with van der Waals surface area (Å²) in [7, 11) is 2.75. The summed E-state index contributed by atoms with van der Waals surface area (Å²) in [4.78, 5) is 0.657. The third kappa shape index (κ3) is 14.7. The van der Waals surface area contributed by atoms with E-state index in [1.54, 1.807) is 21.3 Å². The van der Waals surface area contributed by atoms with Crippen LogP contribution in [0.3, 0.4) is 0 Å². The first kappa shape index (κ1) is 26.1. The van der Waals surface area contributed by atoms with Crippen molar-refractivity contribution in [1.82, 2.24) is 0 Å². The largest absolute Gasteiger partial charge is 0.500 e. The minimum absolute atomic E-state index is 0.657. The van der Waals surface area contributed by atoms with Gasteiger partial charge < -0.3 is 13.3 Å². The Kier molecular flexibility index (Phi) is 19.2. The molecule has 0 aromatic carbocycles. The molecule has 0 bridgehead atoms. The fourth-order valence-electron chi connectivity index (χ4n) is 3.11. The van der Waals surface area contributed by atoms with Crippen molar-refractivity contribution in [3.8, 4) is 0 Å². The van der Waals surface area contributed by atoms with Crippen molar-refractivity contribution < 1.29 is 13.3 Å². The zero-order chi connectivity index (χ0) is 18.8. The molecule has 0 aromatic heterocycles. The topological polar surface area (TPSA) is 27.7 Å². The summed E-state index contributed by atoms with van der Waals surface area (Å²) in [6, 6.07) is 0.933. The first-order valence-corrected chi connectivity index (χ1v) is 14.0. The van der Waals surface area contributed by atoms with Gasteiger partial charge in [0.2, 0.25) is 0 Å². The lowest BCUT2D eigenvalue weighted by atomic mass is 10.0. The van der Waals surface area contributed by atoms with E-state index < -0.39 is 8.80 Å². The molecule has 0 N–H and O–H groups in total. The van der Waals surface area contributed by atoms with Gasteiger partial charge in [0.15, 0.2) is 0 Å². The molecule has 0 aliphatic heterocycles. The average Bonchev–Trinajstić information content (AvgIpc) is 2.65. The first-order valence-electron chi connectivity index (χ1n) is 9.99. The van der Waals surface area contributed by atoms with Crippen molar-refractivity contribution in [2.75, 3.05) is 26.7 Å². The van der Waals surface area contributed by atoms with Gasteiger partial charge in [0.1, 0.15) is 0 Å². The van der Waals surface area contributed by atoms with Gasteiger partial charge in [0.25, 0.3) is 0 Å². The molecular formula is C19H40Br2O3Si. The second kappa shape index (κ2) is 18.4. The molecule has 0 amide bonds. The molecule has 6 heteroatoms. The van der Waals surface area contributed by atoms with E-state index in [2.05, 4.69) is 31.9 Å². The van der Waals surface area contributed by atoms with E-state index in [0.717, 1.165) is 17.8 Å². The van der Waals surface area contributed by atoms with Crippen molar-refractivity contribution in [2.45, 2.75) is 94.3 Å². The van der Waals surface area contributed by atoms with Crippen molar-refractivity contribution in [3.63, 3.8) is 0 Å². The lowest BCUT2D eigenvalue weighted by Crippen LogP contribution is -2.42. The molecule has 0 saturated heterocycles. The lowest BCUT2D eigenvalue weighted by molar-refractivity contribution is 0.122. The molecule has 0 aliphatic carbocycles. The van der Waals surface area contributed by atoms with Gasteiger partial charge >= 0.3 is 8.80 Å². The Balaban J connectivity index is 3.26. The highest BCUT2D eigenvalue weighted by Gasteiger charge is 2.36. The van der Waals surface area contributed by atoms with Crippen LogP contribution in [0.15, 0.2) is 0 Å². The van der Waals surface area contributed by atoms with Crippen LogP contribution in [0.1, 0.15) is 83.5 Å². The maximum absolute atomic E-state index is 5.45. The number of hydrogen-bond acceptors (Lipinski definition) is 3. The Morgan fingerprint density at radius 3 is 1.36 bits per heavy atom. The van der Waals surface area contributed by atoms with E-state index in [-0.39, 0.29) is 0 Å². The summed E-state index contributed by atoms with van der Waals surface area (Å²) in [6.07, 6.45) is 17.6. The van der Waals surface area contributed by atoms with Gasteiger partial charge in [-0.3, -0.25) is 0 Å². The van der Waals surface area contributed by atoms with Gasteiger partial charge in [-0.25, -0.2) is 0 Å². The number of rotatable bonds is 19. The predicted molar refractivity (Wildman–Crippen MR) is 118 cm³/mol. The van der Waals surface area contributed by atoms with Crippen LogP contribution < -0.4 is 0 Å². The second-order valence-electron chi connectivity index (χ2n) is 6.83. The highest BCUT2D eigenvalue weighted by molar-refractivity contribution is 9.12. The number of alkyl halides is 2. The SMILES string of the molecule is CO[Si](CCCCCCCCCCCCCCC(Br)CBr)(OC)OC. The maximum Gasteiger partial charge on any atom is 0.500 e. The Bertz CT molecular complexity index is 271. The van der Waals surface area contributed by atoms with Gasteiger partial charge in [-0.15, -0.1) is 0 Å². The standard InChI is InChI=1S/C19H40Br2O3Si/c1-22-25(23-2,24-3)17-15-13-11-9-7-5-4-6-8-10-12-14-16-19(21)18-20/h19H,4-18H2,1-3H3. The fraction of sp³-hybridized carbons (Fsp3) is 1.00. The zero-order valence-corrected chi connectivity index (χ0v) is 20.8. The molecule has 0 heterocycles. The molecule has 25 heavy (non-hydrogen) atoms. The summed E-state index contributed by atoms with van der Waals surface area (Å²) in [5.74, 6) is 0. The number of hydrogen-bond donors (Lipinski definition) is 0. The summed E-state index contributed by atoms with van der Waals surface area (Å²) in [5, 5.41) is 1.07. The normalized spacial score (nSPS) is 13.3. The Labute approximate surface area is 174 Å². The van der Waals surface area contributed by atoms with Gasteiger partial charge in [0.05, 0.1) is 0 Å². The van der Waals surface area contributed by atoms with Crippen molar-refractivity contribution in [2.24, 2.45) is 0 Å². The summed E-state index contributed by atoms with van der Waals surface area (Å²) in [5.41, 5.74) is 0. The lowest BCUT2D eigenvalue weighted by Gasteiger charge is -2.24. The van der Waals surface area contributed by atoms with E-state index in [0.29, 0.717) is 4.83 Å². The molecule has 1 atom stereocenters. The van der Waals surface area contributed by atoms with E-state index in [1.165, 1.54) is 77.0 Å². The van der Waals surface area contributed by atoms with Crippen LogP contribution in [-0.2, 0) is 13.3 Å². The zero-order valence-electron chi connectivity index (χ0n) is 16.7. The van der Waals surface area contributed by atoms with Crippen LogP contribution in [0, 0.1) is 0 Å². The first-order chi connectivity index (χ1) is 12.1. The Hall–Kier alpha value is 1.06. The van der Waals surface area contributed by atoms with Crippen molar-refractivity contribution in [1.29, 1.82) is 0 Å². The molecular weight excluding hydrogens is 464 g/mol. The predicted octanol–water partition coefficient (Wildman–Crippen LogP) is 7.09. The van der Waals surface area contributed by atoms with Gasteiger partial charge in [-0.1, -0.05) is 102 Å². The molecule has 0 aromatic rings. The van der Waals surface area contributed by atoms with E-state index in [1.807, 2.05) is 0 Å². The fourth-order valence-corrected chi connectivity index (χ4v) is 5.55. The molecule has 0 saturated carbocycles. The van der Waals surface area contributed by atoms with Gasteiger partial charge in [-0.2, -0.15) is 0 Å². The molecule has 152 valence electrons. The Morgan fingerprint density at radius 2 is 1.00 bits per heavy atom. The van der Waals surface area contributed by atoms with Crippen LogP contribution in [-0.4, -0.2) is 40.3 Å². The van der Waals surface area contributed by atoms with Gasteiger partial charge in [0, 0.05) is 37.5 Å². The molecule has 0 radical (unpaired) electrons. The second-order valence-corrected chi connectivity index (χ2v) is 11.9. The summed E-state index contributed by atoms with van der Waals surface area (Å²) >= 11 is 7.18. The van der Waals surface area contributed by atoms with Gasteiger partial charge in [-0.05, 0) is 12.8 Å². The third-order valence-electron chi connectivity index (χ3n) is 4.85. The Morgan fingerprint density at radius 1 is 0.640 bits per heavy atom. The summed E-state index contributed by atoms with van der Waals surface area (Å²) < 4.78 is 16.4. The summed E-state index contributed by atoms with van der Waals surface area (Å²) in [6.45, 7) is 0. The highest BCUT2D eigenvalue weighted by Crippen LogP contribution is 2.19. The number of unbranched alkanes of at least 4 members (excludes halogenated alkanes) is 11. The molecule has 0 aliphatic rings. The van der Waals surface area contributed by atoms with Crippen LogP contribution in [0.2, 0.25) is 6.04 Å². The van der Waals surface area contributed by atoms with Crippen molar-refractivity contribution in [3.05, 3.63) is 0 Å². The molecule has 0 fully saturated rings. The molecule has 0 rings (SSSR count). The minimum atomic E-state index is -2.33. The molecule has 3 nitrogen and oxygen atoms in total. The van der Waals surface area contributed by atoms with Crippen LogP contribution in [0.4, 0.5) is 0 Å². The van der Waals surface area contributed by atoms with Crippen LogP contribution in [0.5, 0.6) is 0 Å². The third-order valence-corrected chi connectivity index (χ3v) is 10.1. The van der Waals surface area contributed by atoms with E-state index >= 15 is 0 Å².